The highest BCUT2D eigenvalue weighted by Crippen LogP contribution is 2.65. The molecule has 14 nitrogen and oxygen atoms in total. The number of nitrogens with two attached hydrogens (primary N) is 1. The molecule has 4 aliphatic rings. The summed E-state index contributed by atoms with van der Waals surface area (Å²) in [6.07, 6.45) is 13.3. The minimum atomic E-state index is -1.10. The van der Waals surface area contributed by atoms with Gasteiger partial charge >= 0.3 is 5.97 Å². The van der Waals surface area contributed by atoms with Crippen LogP contribution in [0.15, 0.2) is 85.5 Å². The summed E-state index contributed by atoms with van der Waals surface area (Å²) in [5.41, 5.74) is 15.2. The van der Waals surface area contributed by atoms with Gasteiger partial charge in [-0.1, -0.05) is 94.2 Å². The van der Waals surface area contributed by atoms with Gasteiger partial charge in [0.05, 0.1) is 36.9 Å². The van der Waals surface area contributed by atoms with E-state index in [0.717, 1.165) is 68.1 Å². The normalized spacial score (nSPS) is 21.6. The molecule has 2 aromatic carbocycles. The number of anilines is 2. The number of nitrogens with zero attached hydrogens (tertiary/aromatic N) is 7. The van der Waals surface area contributed by atoms with Crippen molar-refractivity contribution in [3.8, 4) is 0 Å². The van der Waals surface area contributed by atoms with Crippen molar-refractivity contribution in [1.29, 1.82) is 0 Å². The summed E-state index contributed by atoms with van der Waals surface area (Å²) >= 11 is 0. The molecule has 4 heterocycles. The number of fused-ring (bicyclic) bond motifs is 6. The average Bonchev–Trinajstić information content (AvgIpc) is 3.66. The van der Waals surface area contributed by atoms with Crippen LogP contribution in [0.5, 0.6) is 0 Å². The fourth-order valence-corrected chi connectivity index (χ4v) is 9.59. The minimum Gasteiger partial charge on any atom is -0.476 e. The van der Waals surface area contributed by atoms with Crippen LogP contribution in [0.2, 0.25) is 25.7 Å². The smallest absolute Gasteiger partial charge is 0.356 e. The van der Waals surface area contributed by atoms with Crippen LogP contribution in [0, 0.1) is 10.8 Å². The molecule has 320 valence electrons. The summed E-state index contributed by atoms with van der Waals surface area (Å²) < 4.78 is 11.3. The predicted octanol–water partition coefficient (Wildman–Crippen LogP) is 8.19. The van der Waals surface area contributed by atoms with Gasteiger partial charge in [-0.15, -0.1) is 0 Å². The van der Waals surface area contributed by atoms with Gasteiger partial charge in [0.15, 0.2) is 11.4 Å². The van der Waals surface area contributed by atoms with Gasteiger partial charge in [0.1, 0.15) is 6.73 Å². The quantitative estimate of drug-likeness (QED) is 0.0697. The number of nitrogens with one attached hydrogen (secondary N) is 2. The van der Waals surface area contributed by atoms with E-state index in [2.05, 4.69) is 88.6 Å². The van der Waals surface area contributed by atoms with E-state index in [-0.39, 0.29) is 11.6 Å². The van der Waals surface area contributed by atoms with E-state index in [1.165, 1.54) is 23.2 Å². The molecule has 2 saturated carbocycles. The third-order valence-electron chi connectivity index (χ3n) is 12.8. The number of benzene rings is 2. The van der Waals surface area contributed by atoms with Crippen molar-refractivity contribution in [1.82, 2.24) is 39.5 Å². The van der Waals surface area contributed by atoms with Crippen LogP contribution in [-0.4, -0.2) is 71.2 Å². The Bertz CT molecular complexity index is 2490. The predicted molar refractivity (Wildman–Crippen MR) is 237 cm³/mol. The van der Waals surface area contributed by atoms with Crippen molar-refractivity contribution < 1.29 is 19.4 Å². The van der Waals surface area contributed by atoms with Gasteiger partial charge in [0.2, 0.25) is 0 Å². The summed E-state index contributed by atoms with van der Waals surface area (Å²) in [7, 11) is -1.10. The highest BCUT2D eigenvalue weighted by atomic mass is 28.3. The number of hydrogen-bond acceptors (Lipinski definition) is 8. The largest absolute Gasteiger partial charge is 0.476 e. The summed E-state index contributed by atoms with van der Waals surface area (Å²) in [4.78, 5) is 24.1. The zero-order valence-corrected chi connectivity index (χ0v) is 36.9. The first-order valence-corrected chi connectivity index (χ1v) is 25.1. The summed E-state index contributed by atoms with van der Waals surface area (Å²) in [6, 6.07) is 21.4. The molecule has 2 fully saturated rings. The fourth-order valence-electron chi connectivity index (χ4n) is 8.83. The number of H-pyrrole nitrogens is 1. The second-order valence-electron chi connectivity index (χ2n) is 19.0. The Labute approximate surface area is 357 Å². The topological polar surface area (TPSA) is 184 Å². The average molecular weight is 843 g/mol. The van der Waals surface area contributed by atoms with Gasteiger partial charge < -0.3 is 20.9 Å². The number of hydrogen-bond donors (Lipinski definition) is 4. The molecule has 5 N–H and O–H groups in total. The molecule has 0 bridgehead atoms. The van der Waals surface area contributed by atoms with E-state index in [4.69, 9.17) is 10.5 Å². The minimum absolute atomic E-state index is 0.161. The van der Waals surface area contributed by atoms with Gasteiger partial charge in [0.25, 0.3) is 5.91 Å². The van der Waals surface area contributed by atoms with Crippen LogP contribution >= 0.6 is 0 Å². The molecule has 0 radical (unpaired) electrons. The summed E-state index contributed by atoms with van der Waals surface area (Å²) in [5, 5.41) is 32.5. The van der Waals surface area contributed by atoms with E-state index in [0.29, 0.717) is 53.0 Å². The number of carboxylic acid groups (broad SMARTS) is 1. The fraction of sp³-hybridized carbons (Fsp3) is 0.435. The lowest BCUT2D eigenvalue weighted by atomic mass is 9.87. The number of carboxylic acids is 1. The van der Waals surface area contributed by atoms with Gasteiger partial charge in [-0.2, -0.15) is 20.4 Å². The zero-order valence-electron chi connectivity index (χ0n) is 35.9. The number of carbonyl (C=O) groups is 2. The lowest BCUT2D eigenvalue weighted by molar-refractivity contribution is 0.0667. The van der Waals surface area contributed by atoms with Crippen LogP contribution in [0.4, 0.5) is 11.4 Å². The molecular formula is C46H58N10O4Si. The van der Waals surface area contributed by atoms with Crippen LogP contribution < -0.4 is 11.1 Å². The number of aromatic amines is 1. The molecule has 15 heteroatoms. The molecule has 61 heavy (non-hydrogen) atoms. The Morgan fingerprint density at radius 1 is 0.869 bits per heavy atom. The van der Waals surface area contributed by atoms with Crippen molar-refractivity contribution in [2.24, 2.45) is 10.8 Å². The number of carbonyl (C=O) groups excluding carboxylic acids is 1. The molecule has 0 spiro atoms. The van der Waals surface area contributed by atoms with Crippen LogP contribution in [0.25, 0.3) is 0 Å². The molecule has 4 aromatic heterocycles. The van der Waals surface area contributed by atoms with Crippen LogP contribution in [0.3, 0.4) is 0 Å². The van der Waals surface area contributed by atoms with Crippen molar-refractivity contribution >= 4 is 31.3 Å². The molecule has 4 aliphatic carbocycles. The van der Waals surface area contributed by atoms with E-state index in [9.17, 15) is 14.7 Å². The van der Waals surface area contributed by atoms with E-state index in [1.807, 2.05) is 62.8 Å². The number of rotatable bonds is 12. The molecule has 4 unspecified atom stereocenters. The SMILES string of the molecule is CC12CCc3c(C(=O)Nc4cnn(Cc5ccccc5)c4)n[nH]c3C1C2.CC12CCc3c(C(=O)O)nn(COCC[Si](C)(C)C)c3C1C2.Nc1cnn(Cc2ccccc2)c1. The first-order chi connectivity index (χ1) is 29.2. The van der Waals surface area contributed by atoms with Gasteiger partial charge in [-0.25, -0.2) is 9.48 Å². The van der Waals surface area contributed by atoms with Crippen molar-refractivity contribution in [3.05, 3.63) is 130 Å². The number of ether oxygens (including phenoxy) is 1. The maximum Gasteiger partial charge on any atom is 0.356 e. The van der Waals surface area contributed by atoms with E-state index >= 15 is 0 Å². The monoisotopic (exact) mass is 842 g/mol. The maximum absolute atomic E-state index is 12.7. The Morgan fingerprint density at radius 2 is 1.48 bits per heavy atom. The highest BCUT2D eigenvalue weighted by Gasteiger charge is 2.56. The van der Waals surface area contributed by atoms with E-state index in [1.54, 1.807) is 12.4 Å². The molecule has 0 aliphatic heterocycles. The third kappa shape index (κ3) is 9.73. The van der Waals surface area contributed by atoms with Gasteiger partial charge in [0, 0.05) is 61.4 Å². The Hall–Kier alpha value is -5.80. The number of aromatic carboxylic acids is 1. The molecule has 0 saturated heterocycles. The van der Waals surface area contributed by atoms with Gasteiger partial charge in [-0.3, -0.25) is 19.3 Å². The zero-order chi connectivity index (χ0) is 42.9. The summed E-state index contributed by atoms with van der Waals surface area (Å²) in [5.74, 6) is -0.0567. The number of amides is 1. The molecule has 4 atom stereocenters. The van der Waals surface area contributed by atoms with Crippen molar-refractivity contribution in [2.75, 3.05) is 17.7 Å². The standard InChI is InChI=1S/C20H21N5O.C16H26N2O3Si.C10H11N3/c1-20-8-7-15-17(16(20)9-20)23-24-18(15)19(26)22-14-10-21-25(12-14)11-13-5-3-2-4-6-13;1-16-6-5-11-13(15(19)20)17-18(14(11)12(16)9-16)10-21-7-8-22(2,3)4;11-10-6-12-13(8-10)7-9-4-2-1-3-5-9/h2-6,10,12,16H,7-9,11H2,1H3,(H,22,26)(H,23,24);12H,5-10H2,1-4H3,(H,19,20);1-6,8H,7,11H2. The molecule has 6 aromatic rings. The maximum atomic E-state index is 12.7. The second kappa shape index (κ2) is 16.9. The van der Waals surface area contributed by atoms with E-state index < -0.39 is 14.0 Å². The lowest BCUT2D eigenvalue weighted by Gasteiger charge is -2.20. The molecule has 1 amide bonds. The van der Waals surface area contributed by atoms with Crippen LogP contribution in [-0.2, 0) is 37.4 Å². The third-order valence-corrected chi connectivity index (χ3v) is 14.5. The molecule has 10 rings (SSSR count). The second-order valence-corrected chi connectivity index (χ2v) is 24.6. The molecular weight excluding hydrogens is 785 g/mol. The summed E-state index contributed by atoms with van der Waals surface area (Å²) in [6.45, 7) is 14.2. The Morgan fingerprint density at radius 3 is 2.10 bits per heavy atom. The number of aromatic nitrogens is 8. The lowest BCUT2D eigenvalue weighted by Crippen LogP contribution is -2.22. The van der Waals surface area contributed by atoms with Crippen molar-refractivity contribution in [3.63, 3.8) is 0 Å². The Kier molecular flexibility index (Phi) is 11.6. The first-order valence-electron chi connectivity index (χ1n) is 21.4. The highest BCUT2D eigenvalue weighted by molar-refractivity contribution is 6.76. The Balaban J connectivity index is 0.000000133. The van der Waals surface area contributed by atoms with Crippen LogP contribution in [0.1, 0.15) is 106 Å². The van der Waals surface area contributed by atoms with Gasteiger partial charge in [-0.05, 0) is 66.5 Å². The number of nitrogen functional groups attached to an aromatic ring is 1. The van der Waals surface area contributed by atoms with Crippen molar-refractivity contribution in [2.45, 2.75) is 110 Å². The first kappa shape index (κ1) is 41.9.